The van der Waals surface area contributed by atoms with E-state index in [0.717, 1.165) is 46.1 Å². The van der Waals surface area contributed by atoms with Crippen LogP contribution in [0.2, 0.25) is 0 Å². The second kappa shape index (κ2) is 7.68. The van der Waals surface area contributed by atoms with Crippen LogP contribution in [-0.4, -0.2) is 27.2 Å². The Kier molecular flexibility index (Phi) is 4.71. The van der Waals surface area contributed by atoms with Gasteiger partial charge in [0.2, 0.25) is 0 Å². The van der Waals surface area contributed by atoms with Crippen LogP contribution in [0.15, 0.2) is 60.7 Å². The summed E-state index contributed by atoms with van der Waals surface area (Å²) in [4.78, 5) is 15.8. The fourth-order valence-electron chi connectivity index (χ4n) is 3.64. The molecular weight excluding hydrogens is 396 g/mol. The first kappa shape index (κ1) is 19.0. The predicted molar refractivity (Wildman–Crippen MR) is 114 cm³/mol. The molecule has 7 heteroatoms. The molecule has 1 aromatic heterocycles. The van der Waals surface area contributed by atoms with Crippen LogP contribution < -0.4 is 14.2 Å². The molecule has 31 heavy (non-hydrogen) atoms. The number of rotatable bonds is 6. The van der Waals surface area contributed by atoms with Gasteiger partial charge in [-0.1, -0.05) is 6.07 Å². The SMILES string of the molecule is Cn1c(COc2cccc(C(=O)O)c2)nc2ccc(Oc3ccc4c(c3)CCO4)cc21. The number of aromatic carboxylic acids is 1. The first-order valence-electron chi connectivity index (χ1n) is 9.92. The molecule has 0 saturated carbocycles. The van der Waals surface area contributed by atoms with Crippen LogP contribution >= 0.6 is 0 Å². The quantitative estimate of drug-likeness (QED) is 0.496. The third-order valence-corrected chi connectivity index (χ3v) is 5.29. The maximum Gasteiger partial charge on any atom is 0.335 e. The number of aromatic nitrogens is 2. The Labute approximate surface area is 178 Å². The lowest BCUT2D eigenvalue weighted by atomic mass is 10.1. The lowest BCUT2D eigenvalue weighted by molar-refractivity contribution is 0.0696. The zero-order valence-electron chi connectivity index (χ0n) is 16.9. The van der Waals surface area contributed by atoms with E-state index in [0.29, 0.717) is 12.4 Å². The molecule has 3 aromatic carbocycles. The summed E-state index contributed by atoms with van der Waals surface area (Å²) in [5, 5.41) is 9.12. The molecule has 4 aromatic rings. The highest BCUT2D eigenvalue weighted by molar-refractivity contribution is 5.88. The van der Waals surface area contributed by atoms with Crippen LogP contribution in [0.3, 0.4) is 0 Å². The average molecular weight is 416 g/mol. The van der Waals surface area contributed by atoms with E-state index in [1.165, 1.54) is 12.1 Å². The van der Waals surface area contributed by atoms with Crippen LogP contribution in [0.25, 0.3) is 11.0 Å². The number of benzene rings is 3. The fourth-order valence-corrected chi connectivity index (χ4v) is 3.64. The molecule has 0 saturated heterocycles. The van der Waals surface area contributed by atoms with Gasteiger partial charge in [0.05, 0.1) is 23.2 Å². The van der Waals surface area contributed by atoms with E-state index in [9.17, 15) is 4.79 Å². The first-order chi connectivity index (χ1) is 15.1. The number of imidazole rings is 1. The largest absolute Gasteiger partial charge is 0.493 e. The number of aryl methyl sites for hydroxylation is 1. The van der Waals surface area contributed by atoms with Crippen molar-refractivity contribution in [3.8, 4) is 23.0 Å². The third kappa shape index (κ3) is 3.77. The van der Waals surface area contributed by atoms with Crippen LogP contribution in [0.4, 0.5) is 0 Å². The van der Waals surface area contributed by atoms with E-state index >= 15 is 0 Å². The van der Waals surface area contributed by atoms with Crippen LogP contribution in [0.5, 0.6) is 23.0 Å². The van der Waals surface area contributed by atoms with Gasteiger partial charge in [0.25, 0.3) is 0 Å². The summed E-state index contributed by atoms with van der Waals surface area (Å²) in [5.74, 6) is 2.63. The molecule has 0 amide bonds. The van der Waals surface area contributed by atoms with Crippen molar-refractivity contribution in [2.45, 2.75) is 13.0 Å². The van der Waals surface area contributed by atoms with Crippen molar-refractivity contribution in [1.29, 1.82) is 0 Å². The normalized spacial score (nSPS) is 12.4. The summed E-state index contributed by atoms with van der Waals surface area (Å²) in [6.07, 6.45) is 0.895. The van der Waals surface area contributed by atoms with Crippen molar-refractivity contribution in [3.63, 3.8) is 0 Å². The first-order valence-corrected chi connectivity index (χ1v) is 9.92. The summed E-state index contributed by atoms with van der Waals surface area (Å²) >= 11 is 0. The molecule has 1 aliphatic heterocycles. The second-order valence-electron chi connectivity index (χ2n) is 7.33. The summed E-state index contributed by atoms with van der Waals surface area (Å²) in [7, 11) is 1.91. The standard InChI is InChI=1S/C24H20N2O5/c1-26-21-13-19(31-18-6-8-22-15(11-18)9-10-29-22)5-7-20(21)25-23(26)14-30-17-4-2-3-16(12-17)24(27)28/h2-8,11-13H,9-10,14H2,1H3,(H,27,28). The summed E-state index contributed by atoms with van der Waals surface area (Å²) in [5.41, 5.74) is 3.09. The van der Waals surface area contributed by atoms with E-state index in [1.807, 2.05) is 48.0 Å². The van der Waals surface area contributed by atoms with Gasteiger partial charge in [-0.3, -0.25) is 0 Å². The summed E-state index contributed by atoms with van der Waals surface area (Å²) in [6, 6.07) is 18.0. The number of ether oxygens (including phenoxy) is 3. The molecule has 0 bridgehead atoms. The van der Waals surface area contributed by atoms with Crippen molar-refractivity contribution in [2.75, 3.05) is 6.61 Å². The molecule has 0 fully saturated rings. The number of fused-ring (bicyclic) bond motifs is 2. The summed E-state index contributed by atoms with van der Waals surface area (Å²) in [6.45, 7) is 0.931. The highest BCUT2D eigenvalue weighted by Gasteiger charge is 2.14. The van der Waals surface area contributed by atoms with E-state index < -0.39 is 5.97 Å². The molecule has 7 nitrogen and oxygen atoms in total. The van der Waals surface area contributed by atoms with Crippen molar-refractivity contribution in [2.24, 2.45) is 7.05 Å². The third-order valence-electron chi connectivity index (χ3n) is 5.29. The number of carboxylic acids is 1. The Morgan fingerprint density at radius 1 is 1.10 bits per heavy atom. The maximum absolute atomic E-state index is 11.1. The Hall–Kier alpha value is -4.00. The number of carbonyl (C=O) groups is 1. The fraction of sp³-hybridized carbons (Fsp3) is 0.167. The predicted octanol–water partition coefficient (Wildman–Crippen LogP) is 4.58. The Balaban J connectivity index is 1.35. The highest BCUT2D eigenvalue weighted by Crippen LogP contribution is 2.32. The number of nitrogens with zero attached hydrogens (tertiary/aromatic N) is 2. The average Bonchev–Trinajstić information content (AvgIpc) is 3.36. The molecule has 156 valence electrons. The van der Waals surface area contributed by atoms with Gasteiger partial charge in [0, 0.05) is 25.1 Å². The number of hydrogen-bond donors (Lipinski definition) is 1. The van der Waals surface area contributed by atoms with E-state index in [-0.39, 0.29) is 12.2 Å². The van der Waals surface area contributed by atoms with E-state index in [1.54, 1.807) is 12.1 Å². The minimum atomic E-state index is -0.989. The number of hydrogen-bond acceptors (Lipinski definition) is 5. The zero-order valence-corrected chi connectivity index (χ0v) is 16.9. The minimum Gasteiger partial charge on any atom is -0.493 e. The Morgan fingerprint density at radius 2 is 1.94 bits per heavy atom. The molecule has 0 aliphatic carbocycles. The molecule has 1 aliphatic rings. The van der Waals surface area contributed by atoms with Gasteiger partial charge in [-0.05, 0) is 48.5 Å². The molecule has 5 rings (SSSR count). The highest BCUT2D eigenvalue weighted by atomic mass is 16.5. The van der Waals surface area contributed by atoms with Crippen LogP contribution in [0.1, 0.15) is 21.7 Å². The molecule has 0 atom stereocenters. The van der Waals surface area contributed by atoms with Crippen LogP contribution in [0, 0.1) is 0 Å². The molecule has 2 heterocycles. The van der Waals surface area contributed by atoms with Gasteiger partial charge in [0.15, 0.2) is 0 Å². The molecular formula is C24H20N2O5. The van der Waals surface area contributed by atoms with Crippen molar-refractivity contribution >= 4 is 17.0 Å². The van der Waals surface area contributed by atoms with E-state index in [4.69, 9.17) is 19.3 Å². The smallest absolute Gasteiger partial charge is 0.335 e. The van der Waals surface area contributed by atoms with Gasteiger partial charge in [-0.25, -0.2) is 9.78 Å². The maximum atomic E-state index is 11.1. The summed E-state index contributed by atoms with van der Waals surface area (Å²) < 4.78 is 19.3. The zero-order chi connectivity index (χ0) is 21.4. The topological polar surface area (TPSA) is 82.8 Å². The van der Waals surface area contributed by atoms with E-state index in [2.05, 4.69) is 4.98 Å². The molecule has 0 spiro atoms. The van der Waals surface area contributed by atoms with Gasteiger partial charge in [-0.2, -0.15) is 0 Å². The van der Waals surface area contributed by atoms with Crippen molar-refractivity contribution in [3.05, 3.63) is 77.6 Å². The Bertz CT molecular complexity index is 1290. The van der Waals surface area contributed by atoms with Gasteiger partial charge >= 0.3 is 5.97 Å². The molecule has 0 radical (unpaired) electrons. The van der Waals surface area contributed by atoms with Gasteiger partial charge in [-0.15, -0.1) is 0 Å². The number of carboxylic acid groups (broad SMARTS) is 1. The van der Waals surface area contributed by atoms with Crippen LogP contribution in [-0.2, 0) is 20.1 Å². The second-order valence-corrected chi connectivity index (χ2v) is 7.33. The molecule has 1 N–H and O–H groups in total. The lowest BCUT2D eigenvalue weighted by Crippen LogP contribution is -2.04. The van der Waals surface area contributed by atoms with Crippen molar-refractivity contribution < 1.29 is 24.1 Å². The Morgan fingerprint density at radius 3 is 2.81 bits per heavy atom. The lowest BCUT2D eigenvalue weighted by Gasteiger charge is -2.08. The molecule has 0 unspecified atom stereocenters. The van der Waals surface area contributed by atoms with Crippen molar-refractivity contribution in [1.82, 2.24) is 9.55 Å². The minimum absolute atomic E-state index is 0.183. The monoisotopic (exact) mass is 416 g/mol. The van der Waals surface area contributed by atoms with Gasteiger partial charge in [0.1, 0.15) is 35.4 Å². The van der Waals surface area contributed by atoms with Gasteiger partial charge < -0.3 is 23.9 Å².